The lowest BCUT2D eigenvalue weighted by atomic mass is 9.94. The number of benzene rings is 2. The molecule has 0 spiro atoms. The number of piperidine rings is 1. The third kappa shape index (κ3) is 6.26. The van der Waals surface area contributed by atoms with Crippen LogP contribution in [0.15, 0.2) is 47.4 Å². The fraction of sp³-hybridized carbons (Fsp3) is 0.391. The van der Waals surface area contributed by atoms with E-state index in [1.807, 2.05) is 13.8 Å². The molecule has 0 saturated carbocycles. The predicted octanol–water partition coefficient (Wildman–Crippen LogP) is 4.84. The van der Waals surface area contributed by atoms with Crippen molar-refractivity contribution in [2.75, 3.05) is 18.4 Å². The summed E-state index contributed by atoms with van der Waals surface area (Å²) >= 11 is 12.0. The average Bonchev–Trinajstić information content (AvgIpc) is 2.75. The van der Waals surface area contributed by atoms with Gasteiger partial charge in [-0.3, -0.25) is 4.79 Å². The molecule has 0 aliphatic carbocycles. The molecule has 1 amide bonds. The smallest absolute Gasteiger partial charge is 0.338 e. The Kier molecular flexibility index (Phi) is 8.05. The maximum atomic E-state index is 13.1. The number of anilines is 1. The van der Waals surface area contributed by atoms with Crippen LogP contribution in [0.1, 0.15) is 37.6 Å². The number of hydrogen-bond acceptors (Lipinski definition) is 5. The van der Waals surface area contributed by atoms with E-state index in [0.29, 0.717) is 18.1 Å². The van der Waals surface area contributed by atoms with Crippen LogP contribution in [0.2, 0.25) is 10.0 Å². The topological polar surface area (TPSA) is 92.8 Å². The van der Waals surface area contributed by atoms with Gasteiger partial charge in [-0.25, -0.2) is 13.2 Å². The third-order valence-electron chi connectivity index (χ3n) is 5.38. The zero-order valence-corrected chi connectivity index (χ0v) is 20.9. The summed E-state index contributed by atoms with van der Waals surface area (Å²) in [7, 11) is -3.76. The summed E-state index contributed by atoms with van der Waals surface area (Å²) < 4.78 is 33.0. The number of hydrogen-bond donors (Lipinski definition) is 1. The minimum Gasteiger partial charge on any atom is -0.449 e. The van der Waals surface area contributed by atoms with E-state index in [1.165, 1.54) is 47.6 Å². The lowest BCUT2D eigenvalue weighted by Gasteiger charge is -2.34. The number of carbonyl (C=O) groups excluding carboxylic acids is 2. The van der Waals surface area contributed by atoms with Crippen LogP contribution in [0.5, 0.6) is 0 Å². The summed E-state index contributed by atoms with van der Waals surface area (Å²) in [6.07, 6.45) is -0.185. The molecule has 0 bridgehead atoms. The second kappa shape index (κ2) is 10.4. The largest absolute Gasteiger partial charge is 0.449 e. The van der Waals surface area contributed by atoms with Gasteiger partial charge < -0.3 is 10.1 Å². The van der Waals surface area contributed by atoms with Crippen LogP contribution in [-0.4, -0.2) is 43.8 Å². The van der Waals surface area contributed by atoms with Crippen molar-refractivity contribution in [3.8, 4) is 0 Å². The number of carbonyl (C=O) groups is 2. The molecule has 1 heterocycles. The minimum absolute atomic E-state index is 0.0149. The molecule has 0 aromatic heterocycles. The van der Waals surface area contributed by atoms with Crippen molar-refractivity contribution in [3.63, 3.8) is 0 Å². The first-order valence-electron chi connectivity index (χ1n) is 10.5. The number of ether oxygens (including phenoxy) is 1. The molecule has 7 nitrogen and oxygen atoms in total. The molecule has 1 aliphatic rings. The SMILES string of the molecule is CC1CC(C)CN(S(=O)(=O)c2cccc(C(=O)OC(C)C(=O)Nc3cc(Cl)ccc3Cl)c2)C1. The zero-order chi connectivity index (χ0) is 24.3. The number of sulfonamides is 1. The Morgan fingerprint density at radius 1 is 1.09 bits per heavy atom. The number of rotatable bonds is 6. The third-order valence-corrected chi connectivity index (χ3v) is 7.77. The molecule has 1 N–H and O–H groups in total. The molecule has 3 rings (SSSR count). The molecule has 178 valence electrons. The Labute approximate surface area is 204 Å². The first-order valence-corrected chi connectivity index (χ1v) is 12.7. The van der Waals surface area contributed by atoms with Crippen molar-refractivity contribution < 1.29 is 22.7 Å². The van der Waals surface area contributed by atoms with Crippen LogP contribution in [0.4, 0.5) is 5.69 Å². The van der Waals surface area contributed by atoms with Crippen LogP contribution in [0, 0.1) is 11.8 Å². The Morgan fingerprint density at radius 3 is 2.42 bits per heavy atom. The van der Waals surface area contributed by atoms with Crippen LogP contribution in [0.25, 0.3) is 0 Å². The van der Waals surface area contributed by atoms with E-state index < -0.39 is 28.0 Å². The summed E-state index contributed by atoms with van der Waals surface area (Å²) in [4.78, 5) is 25.1. The number of esters is 1. The highest BCUT2D eigenvalue weighted by atomic mass is 35.5. The van der Waals surface area contributed by atoms with Crippen molar-refractivity contribution in [1.82, 2.24) is 4.31 Å². The van der Waals surface area contributed by atoms with Crippen molar-refractivity contribution in [1.29, 1.82) is 0 Å². The highest BCUT2D eigenvalue weighted by molar-refractivity contribution is 7.89. The van der Waals surface area contributed by atoms with Gasteiger partial charge in [0, 0.05) is 18.1 Å². The molecule has 3 atom stereocenters. The highest BCUT2D eigenvalue weighted by Gasteiger charge is 2.32. The van der Waals surface area contributed by atoms with Crippen LogP contribution < -0.4 is 5.32 Å². The summed E-state index contributed by atoms with van der Waals surface area (Å²) in [5.74, 6) is -0.909. The molecule has 3 unspecified atom stereocenters. The molecule has 1 saturated heterocycles. The second-order valence-corrected chi connectivity index (χ2v) is 11.2. The van der Waals surface area contributed by atoms with E-state index in [2.05, 4.69) is 5.32 Å². The van der Waals surface area contributed by atoms with Crippen molar-refractivity contribution in [2.24, 2.45) is 11.8 Å². The molecule has 2 aromatic rings. The van der Waals surface area contributed by atoms with E-state index in [-0.39, 0.29) is 33.0 Å². The van der Waals surface area contributed by atoms with E-state index in [1.54, 1.807) is 6.07 Å². The van der Waals surface area contributed by atoms with Crippen molar-refractivity contribution >= 4 is 50.8 Å². The lowest BCUT2D eigenvalue weighted by Crippen LogP contribution is -2.42. The Balaban J connectivity index is 1.71. The second-order valence-electron chi connectivity index (χ2n) is 8.46. The maximum absolute atomic E-state index is 13.1. The van der Waals surface area contributed by atoms with Gasteiger partial charge in [-0.2, -0.15) is 4.31 Å². The monoisotopic (exact) mass is 512 g/mol. The minimum atomic E-state index is -3.76. The Hall–Kier alpha value is -2.13. The molecule has 10 heteroatoms. The quantitative estimate of drug-likeness (QED) is 0.558. The van der Waals surface area contributed by atoms with E-state index in [4.69, 9.17) is 27.9 Å². The van der Waals surface area contributed by atoms with Gasteiger partial charge in [0.25, 0.3) is 5.91 Å². The van der Waals surface area contributed by atoms with E-state index in [9.17, 15) is 18.0 Å². The molecule has 1 aliphatic heterocycles. The fourth-order valence-electron chi connectivity index (χ4n) is 3.84. The van der Waals surface area contributed by atoms with Crippen LogP contribution in [-0.2, 0) is 19.6 Å². The average molecular weight is 513 g/mol. The van der Waals surface area contributed by atoms with E-state index >= 15 is 0 Å². The predicted molar refractivity (Wildman–Crippen MR) is 128 cm³/mol. The molecule has 1 fully saturated rings. The van der Waals surface area contributed by atoms with Crippen LogP contribution in [0.3, 0.4) is 0 Å². The standard InChI is InChI=1S/C23H26Cl2N2O5S/c1-14-9-15(2)13-27(12-14)33(30,31)19-6-4-5-17(10-19)23(29)32-16(3)22(28)26-21-11-18(24)7-8-20(21)25/h4-8,10-11,14-16H,9,12-13H2,1-3H3,(H,26,28). The fourth-order valence-corrected chi connectivity index (χ4v) is 5.91. The summed E-state index contributed by atoms with van der Waals surface area (Å²) in [6.45, 7) is 6.32. The first kappa shape index (κ1) is 25.5. The maximum Gasteiger partial charge on any atom is 0.338 e. The Morgan fingerprint density at radius 2 is 1.76 bits per heavy atom. The summed E-state index contributed by atoms with van der Waals surface area (Å²) in [6, 6.07) is 10.2. The van der Waals surface area contributed by atoms with Crippen molar-refractivity contribution in [3.05, 3.63) is 58.1 Å². The van der Waals surface area contributed by atoms with Gasteiger partial charge in [0.05, 0.1) is 21.2 Å². The normalized spacial score (nSPS) is 20.2. The van der Waals surface area contributed by atoms with E-state index in [0.717, 1.165) is 6.42 Å². The van der Waals surface area contributed by atoms with Gasteiger partial charge in [-0.15, -0.1) is 0 Å². The number of amides is 1. The Bertz CT molecular complexity index is 1150. The van der Waals surface area contributed by atoms with Gasteiger partial charge in [0.2, 0.25) is 10.0 Å². The van der Waals surface area contributed by atoms with Crippen molar-refractivity contribution in [2.45, 2.75) is 38.2 Å². The van der Waals surface area contributed by atoms with Gasteiger partial charge in [0.1, 0.15) is 0 Å². The van der Waals surface area contributed by atoms with Crippen LogP contribution >= 0.6 is 23.2 Å². The molecule has 2 aromatic carbocycles. The lowest BCUT2D eigenvalue weighted by molar-refractivity contribution is -0.123. The van der Waals surface area contributed by atoms with Gasteiger partial charge >= 0.3 is 5.97 Å². The number of halogens is 2. The van der Waals surface area contributed by atoms with Gasteiger partial charge in [-0.1, -0.05) is 43.1 Å². The molecule has 0 radical (unpaired) electrons. The number of nitrogens with zero attached hydrogens (tertiary/aromatic N) is 1. The molecular weight excluding hydrogens is 487 g/mol. The zero-order valence-electron chi connectivity index (χ0n) is 18.5. The highest BCUT2D eigenvalue weighted by Crippen LogP contribution is 2.28. The van der Waals surface area contributed by atoms with Gasteiger partial charge in [-0.05, 0) is 61.6 Å². The van der Waals surface area contributed by atoms with Gasteiger partial charge in [0.15, 0.2) is 6.10 Å². The molecular formula is C23H26Cl2N2O5S. The number of nitrogens with one attached hydrogen (secondary N) is 1. The summed E-state index contributed by atoms with van der Waals surface area (Å²) in [5, 5.41) is 3.23. The first-order chi connectivity index (χ1) is 15.5. The summed E-state index contributed by atoms with van der Waals surface area (Å²) in [5.41, 5.74) is 0.324. The molecule has 33 heavy (non-hydrogen) atoms.